The van der Waals surface area contributed by atoms with E-state index in [9.17, 15) is 0 Å². The van der Waals surface area contributed by atoms with Crippen LogP contribution in [0.5, 0.6) is 11.5 Å². The van der Waals surface area contributed by atoms with E-state index in [0.717, 1.165) is 24.6 Å². The van der Waals surface area contributed by atoms with Crippen LogP contribution in [0, 0.1) is 0 Å². The van der Waals surface area contributed by atoms with Crippen molar-refractivity contribution in [3.05, 3.63) is 71.8 Å². The van der Waals surface area contributed by atoms with Gasteiger partial charge in [0.2, 0.25) is 0 Å². The molecule has 0 bridgehead atoms. The van der Waals surface area contributed by atoms with Gasteiger partial charge in [-0.25, -0.2) is 0 Å². The number of methoxy groups -OCH3 is 2. The van der Waals surface area contributed by atoms with Crippen molar-refractivity contribution >= 4 is 10.8 Å². The topological polar surface area (TPSA) is 27.3 Å². The summed E-state index contributed by atoms with van der Waals surface area (Å²) in [5, 5.41) is 2.75. The predicted octanol–water partition coefficient (Wildman–Crippen LogP) is 1.34. The Morgan fingerprint density at radius 1 is 0.714 bits per heavy atom. The Morgan fingerprint density at radius 2 is 1.39 bits per heavy atom. The lowest BCUT2D eigenvalue weighted by atomic mass is 10.0. The summed E-state index contributed by atoms with van der Waals surface area (Å²) in [4.78, 5) is 3.33. The minimum absolute atomic E-state index is 0.797. The minimum Gasteiger partial charge on any atom is -0.493 e. The Morgan fingerprint density at radius 3 is 2.14 bits per heavy atom. The van der Waals surface area contributed by atoms with E-state index < -0.39 is 0 Å². The molecule has 4 nitrogen and oxygen atoms in total. The average molecular weight is 379 g/mol. The molecule has 1 aliphatic rings. The van der Waals surface area contributed by atoms with Gasteiger partial charge in [-0.2, -0.15) is 0 Å². The average Bonchev–Trinajstić information content (AvgIpc) is 2.75. The highest BCUT2D eigenvalue weighted by atomic mass is 16.5. The molecule has 4 rings (SSSR count). The Labute approximate surface area is 167 Å². The molecule has 28 heavy (non-hydrogen) atoms. The predicted molar refractivity (Wildman–Crippen MR) is 112 cm³/mol. The molecule has 3 aromatic carbocycles. The van der Waals surface area contributed by atoms with E-state index in [2.05, 4.69) is 54.6 Å². The highest BCUT2D eigenvalue weighted by molar-refractivity contribution is 5.85. The molecular weight excluding hydrogens is 348 g/mol. The molecule has 2 N–H and O–H groups in total. The van der Waals surface area contributed by atoms with Gasteiger partial charge in [-0.3, -0.25) is 0 Å². The number of nitrogens with one attached hydrogen (secondary N) is 2. The lowest BCUT2D eigenvalue weighted by molar-refractivity contribution is -1.02. The fourth-order valence-electron chi connectivity index (χ4n) is 4.31. The summed E-state index contributed by atoms with van der Waals surface area (Å²) < 4.78 is 10.8. The van der Waals surface area contributed by atoms with Gasteiger partial charge in [-0.05, 0) is 29.0 Å². The van der Waals surface area contributed by atoms with Crippen LogP contribution in [-0.2, 0) is 13.1 Å². The van der Waals surface area contributed by atoms with Gasteiger partial charge in [0, 0.05) is 11.1 Å². The fourth-order valence-corrected chi connectivity index (χ4v) is 4.31. The molecule has 0 spiro atoms. The van der Waals surface area contributed by atoms with Gasteiger partial charge >= 0.3 is 0 Å². The molecule has 0 saturated carbocycles. The third kappa shape index (κ3) is 4.13. The summed E-state index contributed by atoms with van der Waals surface area (Å²) in [6, 6.07) is 21.7. The normalized spacial score (nSPS) is 19.5. The summed E-state index contributed by atoms with van der Waals surface area (Å²) >= 11 is 0. The van der Waals surface area contributed by atoms with E-state index >= 15 is 0 Å². The minimum atomic E-state index is 0.797. The smallest absolute Gasteiger partial charge is 0.161 e. The summed E-state index contributed by atoms with van der Waals surface area (Å²) in [6.07, 6.45) is 0. The lowest BCUT2D eigenvalue weighted by Crippen LogP contribution is -3.27. The molecule has 4 heteroatoms. The molecule has 0 aromatic heterocycles. The van der Waals surface area contributed by atoms with Crippen molar-refractivity contribution in [3.63, 3.8) is 0 Å². The molecule has 0 radical (unpaired) electrons. The van der Waals surface area contributed by atoms with Crippen molar-refractivity contribution in [1.82, 2.24) is 0 Å². The maximum absolute atomic E-state index is 5.45. The molecule has 0 unspecified atom stereocenters. The van der Waals surface area contributed by atoms with Crippen LogP contribution in [0.25, 0.3) is 10.8 Å². The highest BCUT2D eigenvalue weighted by Crippen LogP contribution is 2.27. The molecule has 1 aliphatic heterocycles. The van der Waals surface area contributed by atoms with Gasteiger partial charge < -0.3 is 19.3 Å². The zero-order valence-electron chi connectivity index (χ0n) is 16.8. The summed E-state index contributed by atoms with van der Waals surface area (Å²) in [7, 11) is 3.38. The quantitative estimate of drug-likeness (QED) is 0.677. The Bertz CT molecular complexity index is 928. The van der Waals surface area contributed by atoms with Crippen molar-refractivity contribution in [1.29, 1.82) is 0 Å². The van der Waals surface area contributed by atoms with Crippen LogP contribution in [0.2, 0.25) is 0 Å². The molecule has 1 saturated heterocycles. The van der Waals surface area contributed by atoms with Crippen molar-refractivity contribution in [3.8, 4) is 11.5 Å². The molecule has 0 atom stereocenters. The van der Waals surface area contributed by atoms with E-state index in [1.54, 1.807) is 24.0 Å². The second kappa shape index (κ2) is 8.63. The fraction of sp³-hybridized carbons (Fsp3) is 0.333. The summed E-state index contributed by atoms with van der Waals surface area (Å²) in [5.41, 5.74) is 2.78. The van der Waals surface area contributed by atoms with E-state index in [0.29, 0.717) is 0 Å². The van der Waals surface area contributed by atoms with Gasteiger partial charge in [0.25, 0.3) is 0 Å². The van der Waals surface area contributed by atoms with Crippen LogP contribution < -0.4 is 19.3 Å². The van der Waals surface area contributed by atoms with Crippen LogP contribution in [0.1, 0.15) is 11.1 Å². The standard InChI is InChI=1S/C24H28N2O2/c1-27-23-11-10-19(16-24(23)28-2)17-25-12-14-26(15-13-25)18-21-8-5-7-20-6-3-4-9-22(20)21/h3-11,16H,12-15,17-18H2,1-2H3/p+2. The second-order valence-electron chi connectivity index (χ2n) is 7.68. The van der Waals surface area contributed by atoms with Crippen LogP contribution >= 0.6 is 0 Å². The number of benzene rings is 3. The van der Waals surface area contributed by atoms with Crippen LogP contribution in [0.4, 0.5) is 0 Å². The SMILES string of the molecule is COc1ccc(C[NH+]2CC[NH+](Cc3cccc4ccccc34)CC2)cc1OC. The Hall–Kier alpha value is -2.56. The number of quaternary nitrogens is 2. The number of rotatable bonds is 6. The highest BCUT2D eigenvalue weighted by Gasteiger charge is 2.24. The maximum atomic E-state index is 5.45. The third-order valence-corrected chi connectivity index (χ3v) is 5.89. The van der Waals surface area contributed by atoms with Crippen molar-refractivity contribution < 1.29 is 19.3 Å². The zero-order chi connectivity index (χ0) is 19.3. The molecule has 3 aromatic rings. The molecule has 146 valence electrons. The van der Waals surface area contributed by atoms with E-state index in [1.165, 1.54) is 48.1 Å². The van der Waals surface area contributed by atoms with E-state index in [4.69, 9.17) is 9.47 Å². The Kier molecular flexibility index (Phi) is 5.79. The largest absolute Gasteiger partial charge is 0.493 e. The summed E-state index contributed by atoms with van der Waals surface area (Å²) in [5.74, 6) is 1.62. The lowest BCUT2D eigenvalue weighted by Gasteiger charge is -2.30. The van der Waals surface area contributed by atoms with Crippen molar-refractivity contribution in [2.24, 2.45) is 0 Å². The summed E-state index contributed by atoms with van der Waals surface area (Å²) in [6.45, 7) is 6.99. The number of fused-ring (bicyclic) bond motifs is 1. The third-order valence-electron chi connectivity index (χ3n) is 5.89. The van der Waals surface area contributed by atoms with Crippen molar-refractivity contribution in [2.45, 2.75) is 13.1 Å². The number of ether oxygens (including phenoxy) is 2. The molecule has 0 amide bonds. The van der Waals surface area contributed by atoms with E-state index in [-0.39, 0.29) is 0 Å². The Balaban J connectivity index is 1.36. The number of hydrogen-bond donors (Lipinski definition) is 2. The van der Waals surface area contributed by atoms with Crippen molar-refractivity contribution in [2.75, 3.05) is 40.4 Å². The van der Waals surface area contributed by atoms with Gasteiger partial charge in [-0.1, -0.05) is 42.5 Å². The van der Waals surface area contributed by atoms with Gasteiger partial charge in [0.1, 0.15) is 39.3 Å². The monoisotopic (exact) mass is 378 g/mol. The van der Waals surface area contributed by atoms with Gasteiger partial charge in [0.15, 0.2) is 11.5 Å². The second-order valence-corrected chi connectivity index (χ2v) is 7.68. The van der Waals surface area contributed by atoms with Crippen LogP contribution in [-0.4, -0.2) is 40.4 Å². The molecular formula is C24H30N2O2+2. The molecule has 1 heterocycles. The van der Waals surface area contributed by atoms with Crippen LogP contribution in [0.15, 0.2) is 60.7 Å². The number of hydrogen-bond acceptors (Lipinski definition) is 2. The first-order chi connectivity index (χ1) is 13.8. The molecule has 0 aliphatic carbocycles. The van der Waals surface area contributed by atoms with Crippen LogP contribution in [0.3, 0.4) is 0 Å². The zero-order valence-corrected chi connectivity index (χ0v) is 16.8. The van der Waals surface area contributed by atoms with Gasteiger partial charge in [0.05, 0.1) is 14.2 Å². The van der Waals surface area contributed by atoms with E-state index in [1.807, 2.05) is 6.07 Å². The first kappa shape index (κ1) is 18.8. The maximum Gasteiger partial charge on any atom is 0.161 e. The first-order valence-corrected chi connectivity index (χ1v) is 10.1. The number of piperazine rings is 1. The first-order valence-electron chi connectivity index (χ1n) is 10.1. The molecule has 1 fully saturated rings. The van der Waals surface area contributed by atoms with Gasteiger partial charge in [-0.15, -0.1) is 0 Å².